The number of piperidine rings is 1. The molecule has 0 spiro atoms. The van der Waals surface area contributed by atoms with Gasteiger partial charge in [-0.05, 0) is 62.7 Å². The number of nitrogens with zero attached hydrogens (tertiary/aromatic N) is 3. The van der Waals surface area contributed by atoms with Crippen LogP contribution < -0.4 is 5.32 Å². The first-order valence-electron chi connectivity index (χ1n) is 9.46. The Morgan fingerprint density at radius 1 is 1.29 bits per heavy atom. The van der Waals surface area contributed by atoms with Gasteiger partial charge >= 0.3 is 0 Å². The number of hydrogen-bond acceptors (Lipinski definition) is 4. The van der Waals surface area contributed by atoms with Gasteiger partial charge in [-0.3, -0.25) is 9.69 Å². The Morgan fingerprint density at radius 3 is 2.79 bits per heavy atom. The van der Waals surface area contributed by atoms with E-state index in [1.54, 1.807) is 17.5 Å². The summed E-state index contributed by atoms with van der Waals surface area (Å²) >= 11 is 7.64. The van der Waals surface area contributed by atoms with Crippen LogP contribution in [0.3, 0.4) is 0 Å². The predicted octanol–water partition coefficient (Wildman–Crippen LogP) is 4.75. The Bertz CT molecular complexity index is 949. The summed E-state index contributed by atoms with van der Waals surface area (Å²) in [5.41, 5.74) is 1.86. The number of anilines is 1. The van der Waals surface area contributed by atoms with Crippen molar-refractivity contribution < 1.29 is 4.79 Å². The van der Waals surface area contributed by atoms with Crippen molar-refractivity contribution in [2.75, 3.05) is 18.4 Å². The molecule has 3 aromatic rings. The molecule has 3 heterocycles. The third-order valence-electron chi connectivity index (χ3n) is 5.12. The molecule has 4 rings (SSSR count). The van der Waals surface area contributed by atoms with Crippen LogP contribution in [0, 0.1) is 12.8 Å². The average molecular weight is 415 g/mol. The lowest BCUT2D eigenvalue weighted by Crippen LogP contribution is -2.40. The summed E-state index contributed by atoms with van der Waals surface area (Å²) in [6, 6.07) is 11.9. The van der Waals surface area contributed by atoms with Crippen molar-refractivity contribution >= 4 is 34.5 Å². The number of likely N-dealkylation sites (tertiary alicyclic amines) is 1. The molecule has 0 saturated carbocycles. The summed E-state index contributed by atoms with van der Waals surface area (Å²) in [5, 5.41) is 3.08. The Morgan fingerprint density at radius 2 is 2.11 bits per heavy atom. The molecule has 28 heavy (non-hydrogen) atoms. The highest BCUT2D eigenvalue weighted by Crippen LogP contribution is 2.26. The maximum atomic E-state index is 12.8. The quantitative estimate of drug-likeness (QED) is 0.655. The number of benzene rings is 1. The summed E-state index contributed by atoms with van der Waals surface area (Å²) in [4.78, 5) is 20.6. The number of aryl methyl sites for hydroxylation is 1. The van der Waals surface area contributed by atoms with Crippen molar-refractivity contribution in [3.05, 3.63) is 63.8 Å². The zero-order chi connectivity index (χ0) is 19.5. The van der Waals surface area contributed by atoms with E-state index in [9.17, 15) is 4.79 Å². The highest BCUT2D eigenvalue weighted by atomic mass is 35.5. The minimum absolute atomic E-state index is 0.0137. The Hall–Kier alpha value is -2.15. The molecule has 1 aliphatic heterocycles. The van der Waals surface area contributed by atoms with Gasteiger partial charge in [-0.15, -0.1) is 11.3 Å². The fourth-order valence-electron chi connectivity index (χ4n) is 3.67. The molecule has 0 bridgehead atoms. The first kappa shape index (κ1) is 19.2. The SMILES string of the molecule is Cc1nccn1-c1ccc(NC(=O)C2CCCN(Cc3ccc(Cl)s3)C2)cc1. The molecule has 1 saturated heterocycles. The molecule has 5 nitrogen and oxygen atoms in total. The molecular formula is C21H23ClN4OS. The van der Waals surface area contributed by atoms with Crippen molar-refractivity contribution in [3.63, 3.8) is 0 Å². The maximum absolute atomic E-state index is 12.8. The van der Waals surface area contributed by atoms with Crippen LogP contribution in [0.2, 0.25) is 4.34 Å². The molecule has 1 atom stereocenters. The number of halogens is 1. The maximum Gasteiger partial charge on any atom is 0.228 e. The summed E-state index contributed by atoms with van der Waals surface area (Å²) in [6.45, 7) is 4.64. The number of rotatable bonds is 5. The normalized spacial score (nSPS) is 17.6. The number of aromatic nitrogens is 2. The predicted molar refractivity (Wildman–Crippen MR) is 114 cm³/mol. The number of imidazole rings is 1. The number of thiophene rings is 1. The second-order valence-corrected chi connectivity index (χ2v) is 8.96. The van der Waals surface area contributed by atoms with E-state index in [0.717, 1.165) is 54.0 Å². The van der Waals surface area contributed by atoms with Crippen molar-refractivity contribution in [2.24, 2.45) is 5.92 Å². The van der Waals surface area contributed by atoms with Gasteiger partial charge in [-0.1, -0.05) is 11.6 Å². The summed E-state index contributed by atoms with van der Waals surface area (Å²) in [6.07, 6.45) is 5.68. The van der Waals surface area contributed by atoms with E-state index in [4.69, 9.17) is 11.6 Å². The molecule has 1 aromatic carbocycles. The fourth-order valence-corrected chi connectivity index (χ4v) is 4.80. The zero-order valence-electron chi connectivity index (χ0n) is 15.8. The number of carbonyl (C=O) groups excluding carboxylic acids is 1. The average Bonchev–Trinajstić information content (AvgIpc) is 3.30. The van der Waals surface area contributed by atoms with E-state index < -0.39 is 0 Å². The lowest BCUT2D eigenvalue weighted by Gasteiger charge is -2.31. The van der Waals surface area contributed by atoms with Crippen LogP contribution >= 0.6 is 22.9 Å². The summed E-state index contributed by atoms with van der Waals surface area (Å²) < 4.78 is 2.83. The van der Waals surface area contributed by atoms with Gasteiger partial charge in [0.05, 0.1) is 10.3 Å². The molecule has 1 fully saturated rings. The summed E-state index contributed by atoms with van der Waals surface area (Å²) in [5.74, 6) is 1.05. The first-order chi connectivity index (χ1) is 13.6. The highest BCUT2D eigenvalue weighted by molar-refractivity contribution is 7.16. The molecule has 2 aromatic heterocycles. The van der Waals surface area contributed by atoms with Crippen molar-refractivity contribution in [1.82, 2.24) is 14.5 Å². The van der Waals surface area contributed by atoms with Gasteiger partial charge in [-0.25, -0.2) is 4.98 Å². The number of amides is 1. The standard InChI is InChI=1S/C21H23ClN4OS/c1-15-23-10-12-26(15)18-6-4-17(5-7-18)24-21(27)16-3-2-11-25(13-16)14-19-8-9-20(22)28-19/h4-10,12,16H,2-3,11,13-14H2,1H3,(H,24,27). The molecule has 0 aliphatic carbocycles. The van der Waals surface area contributed by atoms with Crippen LogP contribution in [0.25, 0.3) is 5.69 Å². The van der Waals surface area contributed by atoms with Gasteiger partial charge in [0.1, 0.15) is 5.82 Å². The first-order valence-corrected chi connectivity index (χ1v) is 10.7. The lowest BCUT2D eigenvalue weighted by atomic mass is 9.97. The second-order valence-electron chi connectivity index (χ2n) is 7.16. The van der Waals surface area contributed by atoms with Crippen LogP contribution in [0.4, 0.5) is 5.69 Å². The Kier molecular flexibility index (Phi) is 5.80. The third kappa shape index (κ3) is 4.46. The molecule has 7 heteroatoms. The van der Waals surface area contributed by atoms with Crippen LogP contribution in [-0.4, -0.2) is 33.4 Å². The van der Waals surface area contributed by atoms with Crippen molar-refractivity contribution in [3.8, 4) is 5.69 Å². The van der Waals surface area contributed by atoms with Crippen molar-refractivity contribution in [2.45, 2.75) is 26.3 Å². The van der Waals surface area contributed by atoms with E-state index in [1.165, 1.54) is 4.88 Å². The fraction of sp³-hybridized carbons (Fsp3) is 0.333. The number of hydrogen-bond donors (Lipinski definition) is 1. The topological polar surface area (TPSA) is 50.2 Å². The lowest BCUT2D eigenvalue weighted by molar-refractivity contribution is -0.121. The largest absolute Gasteiger partial charge is 0.326 e. The van der Waals surface area contributed by atoms with E-state index in [1.807, 2.05) is 48.0 Å². The molecule has 1 amide bonds. The monoisotopic (exact) mass is 414 g/mol. The molecule has 1 unspecified atom stereocenters. The summed E-state index contributed by atoms with van der Waals surface area (Å²) in [7, 11) is 0. The zero-order valence-corrected chi connectivity index (χ0v) is 17.3. The smallest absolute Gasteiger partial charge is 0.228 e. The minimum atomic E-state index is 0.0137. The van der Waals surface area contributed by atoms with Crippen LogP contribution in [0.5, 0.6) is 0 Å². The minimum Gasteiger partial charge on any atom is -0.326 e. The van der Waals surface area contributed by atoms with E-state index in [2.05, 4.69) is 21.3 Å². The Labute approximate surface area is 174 Å². The van der Waals surface area contributed by atoms with Gasteiger partial charge < -0.3 is 9.88 Å². The van der Waals surface area contributed by atoms with E-state index >= 15 is 0 Å². The van der Waals surface area contributed by atoms with Gasteiger partial charge in [0, 0.05) is 41.7 Å². The van der Waals surface area contributed by atoms with E-state index in [-0.39, 0.29) is 11.8 Å². The van der Waals surface area contributed by atoms with Gasteiger partial charge in [0.25, 0.3) is 0 Å². The Balaban J connectivity index is 1.35. The molecule has 146 valence electrons. The highest BCUT2D eigenvalue weighted by Gasteiger charge is 2.26. The molecule has 1 N–H and O–H groups in total. The molecule has 1 aliphatic rings. The second kappa shape index (κ2) is 8.47. The third-order valence-corrected chi connectivity index (χ3v) is 6.34. The molecular weight excluding hydrogens is 392 g/mol. The van der Waals surface area contributed by atoms with Crippen LogP contribution in [0.1, 0.15) is 23.5 Å². The number of carbonyl (C=O) groups is 1. The van der Waals surface area contributed by atoms with Crippen molar-refractivity contribution in [1.29, 1.82) is 0 Å². The van der Waals surface area contributed by atoms with E-state index in [0.29, 0.717) is 0 Å². The van der Waals surface area contributed by atoms with Crippen LogP contribution in [0.15, 0.2) is 48.8 Å². The van der Waals surface area contributed by atoms with Gasteiger partial charge in [-0.2, -0.15) is 0 Å². The van der Waals surface area contributed by atoms with Gasteiger partial charge in [0.2, 0.25) is 5.91 Å². The van der Waals surface area contributed by atoms with Crippen LogP contribution in [-0.2, 0) is 11.3 Å². The van der Waals surface area contributed by atoms with Gasteiger partial charge in [0.15, 0.2) is 0 Å². The molecule has 0 radical (unpaired) electrons. The number of nitrogens with one attached hydrogen (secondary N) is 1.